The molecule has 0 bridgehead atoms. The molecule has 108 valence electrons. The highest BCUT2D eigenvalue weighted by molar-refractivity contribution is 5.45. The van der Waals surface area contributed by atoms with Crippen molar-refractivity contribution in [1.29, 1.82) is 0 Å². The molecule has 0 unspecified atom stereocenters. The summed E-state index contributed by atoms with van der Waals surface area (Å²) in [6.07, 6.45) is 3.06. The molecule has 20 heavy (non-hydrogen) atoms. The maximum absolute atomic E-state index is 4.46. The fraction of sp³-hybridized carbons (Fsp3) is 0.438. The predicted molar refractivity (Wildman–Crippen MR) is 83.7 cm³/mol. The Morgan fingerprint density at radius 2 is 1.90 bits per heavy atom. The Balaban J connectivity index is 1.96. The van der Waals surface area contributed by atoms with Crippen LogP contribution in [0.25, 0.3) is 0 Å². The predicted octanol–water partition coefficient (Wildman–Crippen LogP) is 2.66. The smallest absolute Gasteiger partial charge is 0.0671 e. The number of hydrogen-bond acceptors (Lipinski definition) is 3. The summed E-state index contributed by atoms with van der Waals surface area (Å²) in [4.78, 5) is 2.17. The molecule has 0 atom stereocenters. The normalized spacial score (nSPS) is 11.1. The summed E-state index contributed by atoms with van der Waals surface area (Å²) in [5.41, 5.74) is 4.92. The maximum atomic E-state index is 4.46. The van der Waals surface area contributed by atoms with Crippen LogP contribution in [-0.2, 0) is 26.6 Å². The minimum atomic E-state index is 0.823. The van der Waals surface area contributed by atoms with E-state index in [0.29, 0.717) is 0 Å². The van der Waals surface area contributed by atoms with Gasteiger partial charge in [-0.25, -0.2) is 0 Å². The molecule has 2 rings (SSSR count). The number of benzene rings is 1. The standard InChI is InChI=1S/C16H24N4/c1-5-16-14(12-20(4)18-16)10-17-15-8-6-13(7-9-15)11-19(2)3/h6-9,12,17H,5,10-11H2,1-4H3. The molecule has 0 spiro atoms. The Labute approximate surface area is 121 Å². The summed E-state index contributed by atoms with van der Waals surface area (Å²) in [7, 11) is 6.14. The summed E-state index contributed by atoms with van der Waals surface area (Å²) >= 11 is 0. The van der Waals surface area contributed by atoms with E-state index in [1.165, 1.54) is 16.8 Å². The van der Waals surface area contributed by atoms with Gasteiger partial charge in [0, 0.05) is 37.6 Å². The van der Waals surface area contributed by atoms with Crippen molar-refractivity contribution in [2.75, 3.05) is 19.4 Å². The molecule has 0 aliphatic carbocycles. The van der Waals surface area contributed by atoms with Crippen LogP contribution in [0.4, 0.5) is 5.69 Å². The molecule has 2 aromatic rings. The summed E-state index contributed by atoms with van der Waals surface area (Å²) < 4.78 is 1.88. The van der Waals surface area contributed by atoms with Crippen molar-refractivity contribution >= 4 is 5.69 Å². The van der Waals surface area contributed by atoms with Gasteiger partial charge >= 0.3 is 0 Å². The largest absolute Gasteiger partial charge is 0.381 e. The second kappa shape index (κ2) is 6.57. The lowest BCUT2D eigenvalue weighted by molar-refractivity contribution is 0.402. The minimum absolute atomic E-state index is 0.823. The Morgan fingerprint density at radius 1 is 1.20 bits per heavy atom. The number of anilines is 1. The first kappa shape index (κ1) is 14.6. The topological polar surface area (TPSA) is 33.1 Å². The van der Waals surface area contributed by atoms with E-state index in [1.54, 1.807) is 0 Å². The van der Waals surface area contributed by atoms with Gasteiger partial charge in [-0.15, -0.1) is 0 Å². The van der Waals surface area contributed by atoms with Crippen LogP contribution >= 0.6 is 0 Å². The van der Waals surface area contributed by atoms with Crippen LogP contribution in [0, 0.1) is 0 Å². The fourth-order valence-electron chi connectivity index (χ4n) is 2.32. The van der Waals surface area contributed by atoms with Crippen LogP contribution in [0.5, 0.6) is 0 Å². The molecule has 0 saturated carbocycles. The third-order valence-electron chi connectivity index (χ3n) is 3.26. The molecule has 1 aromatic carbocycles. The minimum Gasteiger partial charge on any atom is -0.381 e. The van der Waals surface area contributed by atoms with Gasteiger partial charge in [0.15, 0.2) is 0 Å². The fourth-order valence-corrected chi connectivity index (χ4v) is 2.32. The second-order valence-corrected chi connectivity index (χ2v) is 5.42. The van der Waals surface area contributed by atoms with Crippen molar-refractivity contribution in [2.24, 2.45) is 7.05 Å². The highest BCUT2D eigenvalue weighted by Crippen LogP contribution is 2.14. The first-order chi connectivity index (χ1) is 9.58. The van der Waals surface area contributed by atoms with E-state index >= 15 is 0 Å². The van der Waals surface area contributed by atoms with E-state index in [2.05, 4.69) is 66.8 Å². The van der Waals surface area contributed by atoms with Crippen molar-refractivity contribution in [3.63, 3.8) is 0 Å². The molecule has 0 radical (unpaired) electrons. The number of nitrogens with zero attached hydrogens (tertiary/aromatic N) is 3. The zero-order valence-electron chi connectivity index (χ0n) is 12.8. The molecule has 0 saturated heterocycles. The van der Waals surface area contributed by atoms with E-state index in [4.69, 9.17) is 0 Å². The van der Waals surface area contributed by atoms with Crippen molar-refractivity contribution < 1.29 is 0 Å². The highest BCUT2D eigenvalue weighted by Gasteiger charge is 2.05. The van der Waals surface area contributed by atoms with Gasteiger partial charge in [0.05, 0.1) is 5.69 Å². The van der Waals surface area contributed by atoms with Gasteiger partial charge in [-0.3, -0.25) is 4.68 Å². The number of aromatic nitrogens is 2. The van der Waals surface area contributed by atoms with Crippen molar-refractivity contribution in [2.45, 2.75) is 26.4 Å². The Bertz CT molecular complexity index is 540. The van der Waals surface area contributed by atoms with Gasteiger partial charge in [-0.05, 0) is 38.2 Å². The quantitative estimate of drug-likeness (QED) is 0.877. The second-order valence-electron chi connectivity index (χ2n) is 5.42. The lowest BCUT2D eigenvalue weighted by atomic mass is 10.2. The van der Waals surface area contributed by atoms with Crippen LogP contribution in [0.2, 0.25) is 0 Å². The van der Waals surface area contributed by atoms with Gasteiger partial charge in [-0.2, -0.15) is 5.10 Å². The lowest BCUT2D eigenvalue weighted by Gasteiger charge is -2.11. The zero-order chi connectivity index (χ0) is 14.5. The Morgan fingerprint density at radius 3 is 2.50 bits per heavy atom. The van der Waals surface area contributed by atoms with Crippen LogP contribution in [0.15, 0.2) is 30.5 Å². The molecular formula is C16H24N4. The van der Waals surface area contributed by atoms with Crippen LogP contribution in [0.1, 0.15) is 23.7 Å². The molecule has 0 fully saturated rings. The van der Waals surface area contributed by atoms with Gasteiger partial charge in [0.2, 0.25) is 0 Å². The summed E-state index contributed by atoms with van der Waals surface area (Å²) in [5, 5.41) is 7.92. The monoisotopic (exact) mass is 272 g/mol. The number of nitrogens with one attached hydrogen (secondary N) is 1. The number of rotatable bonds is 6. The summed E-state index contributed by atoms with van der Waals surface area (Å²) in [6, 6.07) is 8.63. The maximum Gasteiger partial charge on any atom is 0.0671 e. The molecule has 4 heteroatoms. The molecule has 0 aliphatic heterocycles. The highest BCUT2D eigenvalue weighted by atomic mass is 15.3. The number of aryl methyl sites for hydroxylation is 2. The zero-order valence-corrected chi connectivity index (χ0v) is 12.8. The Kier molecular flexibility index (Phi) is 4.79. The van der Waals surface area contributed by atoms with Gasteiger partial charge in [-0.1, -0.05) is 19.1 Å². The van der Waals surface area contributed by atoms with Gasteiger partial charge in [0.25, 0.3) is 0 Å². The van der Waals surface area contributed by atoms with Crippen molar-refractivity contribution in [1.82, 2.24) is 14.7 Å². The van der Waals surface area contributed by atoms with Crippen LogP contribution < -0.4 is 5.32 Å². The third kappa shape index (κ3) is 3.84. The van der Waals surface area contributed by atoms with Crippen molar-refractivity contribution in [3.05, 3.63) is 47.3 Å². The first-order valence-corrected chi connectivity index (χ1v) is 7.07. The molecule has 1 heterocycles. The van der Waals surface area contributed by atoms with Gasteiger partial charge < -0.3 is 10.2 Å². The SMILES string of the molecule is CCc1nn(C)cc1CNc1ccc(CN(C)C)cc1. The van der Waals surface area contributed by atoms with E-state index in [1.807, 2.05) is 11.7 Å². The summed E-state index contributed by atoms with van der Waals surface area (Å²) in [5.74, 6) is 0. The average Bonchev–Trinajstić information content (AvgIpc) is 2.78. The molecule has 1 N–H and O–H groups in total. The molecule has 4 nitrogen and oxygen atoms in total. The molecule has 0 aliphatic rings. The molecule has 1 aromatic heterocycles. The molecular weight excluding hydrogens is 248 g/mol. The Hall–Kier alpha value is -1.81. The van der Waals surface area contributed by atoms with Crippen molar-refractivity contribution in [3.8, 4) is 0 Å². The lowest BCUT2D eigenvalue weighted by Crippen LogP contribution is -2.10. The van der Waals surface area contributed by atoms with Gasteiger partial charge in [0.1, 0.15) is 0 Å². The van der Waals surface area contributed by atoms with E-state index in [0.717, 1.165) is 25.2 Å². The van der Waals surface area contributed by atoms with E-state index < -0.39 is 0 Å². The van der Waals surface area contributed by atoms with E-state index in [-0.39, 0.29) is 0 Å². The van der Waals surface area contributed by atoms with Crippen LogP contribution in [-0.4, -0.2) is 28.8 Å². The molecule has 0 amide bonds. The number of hydrogen-bond donors (Lipinski definition) is 1. The third-order valence-corrected chi connectivity index (χ3v) is 3.26. The average molecular weight is 272 g/mol. The summed E-state index contributed by atoms with van der Waals surface area (Å²) in [6.45, 7) is 3.94. The first-order valence-electron chi connectivity index (χ1n) is 7.07. The van der Waals surface area contributed by atoms with Crippen LogP contribution in [0.3, 0.4) is 0 Å². The van der Waals surface area contributed by atoms with E-state index in [9.17, 15) is 0 Å².